The van der Waals surface area contributed by atoms with Crippen molar-refractivity contribution >= 4 is 5.97 Å². The molecule has 3 fully saturated rings. The van der Waals surface area contributed by atoms with Crippen LogP contribution in [0.5, 0.6) is 0 Å². The summed E-state index contributed by atoms with van der Waals surface area (Å²) in [5.41, 5.74) is 0. The molecule has 0 aromatic rings. The first-order valence-electron chi connectivity index (χ1n) is 4.12. The fourth-order valence-corrected chi connectivity index (χ4v) is 2.04. The summed E-state index contributed by atoms with van der Waals surface area (Å²) in [5, 5.41) is 3.31. The zero-order valence-electron chi connectivity index (χ0n) is 6.67. The molecule has 3 heteroatoms. The Morgan fingerprint density at radius 1 is 1.55 bits per heavy atom. The fourth-order valence-electron chi connectivity index (χ4n) is 2.04. The molecule has 0 aromatic carbocycles. The van der Waals surface area contributed by atoms with Crippen molar-refractivity contribution in [1.82, 2.24) is 5.32 Å². The normalized spacial score (nSPS) is 41.0. The van der Waals surface area contributed by atoms with Crippen LogP contribution in [0.1, 0.15) is 12.8 Å². The van der Waals surface area contributed by atoms with Gasteiger partial charge in [0, 0.05) is 12.6 Å². The highest BCUT2D eigenvalue weighted by Crippen LogP contribution is 2.38. The number of fused-ring (bicyclic) bond motifs is 2. The number of hydrogen-bond acceptors (Lipinski definition) is 3. The van der Waals surface area contributed by atoms with E-state index in [1.165, 1.54) is 20.0 Å². The second-order valence-corrected chi connectivity index (χ2v) is 3.47. The average molecular weight is 155 g/mol. The molecule has 0 aromatic heterocycles. The van der Waals surface area contributed by atoms with Crippen LogP contribution in [0.4, 0.5) is 0 Å². The van der Waals surface area contributed by atoms with E-state index in [0.717, 1.165) is 6.54 Å². The van der Waals surface area contributed by atoms with Crippen molar-refractivity contribution < 1.29 is 9.53 Å². The lowest BCUT2D eigenvalue weighted by molar-refractivity contribution is -0.151. The summed E-state index contributed by atoms with van der Waals surface area (Å²) >= 11 is 0. The van der Waals surface area contributed by atoms with Gasteiger partial charge < -0.3 is 10.1 Å². The molecule has 3 aliphatic rings. The Balaban J connectivity index is 1.97. The number of carbonyl (C=O) groups excluding carboxylic acids is 1. The highest BCUT2D eigenvalue weighted by atomic mass is 16.5. The predicted molar refractivity (Wildman–Crippen MR) is 40.0 cm³/mol. The molecule has 3 rings (SSSR count). The molecule has 62 valence electrons. The van der Waals surface area contributed by atoms with Crippen molar-refractivity contribution in [2.24, 2.45) is 11.8 Å². The van der Waals surface area contributed by atoms with Crippen LogP contribution in [-0.4, -0.2) is 25.7 Å². The number of nitrogens with one attached hydrogen (secondary N) is 1. The summed E-state index contributed by atoms with van der Waals surface area (Å²) in [6.45, 7) is 0.821. The van der Waals surface area contributed by atoms with Crippen molar-refractivity contribution in [3.63, 3.8) is 0 Å². The third-order valence-corrected chi connectivity index (χ3v) is 2.87. The molecule has 11 heavy (non-hydrogen) atoms. The lowest BCUT2D eigenvalue weighted by Crippen LogP contribution is -2.56. The Hall–Kier alpha value is -0.570. The molecule has 1 N–H and O–H groups in total. The third-order valence-electron chi connectivity index (χ3n) is 2.87. The van der Waals surface area contributed by atoms with Crippen molar-refractivity contribution in [2.45, 2.75) is 18.9 Å². The Kier molecular flexibility index (Phi) is 1.60. The van der Waals surface area contributed by atoms with Crippen molar-refractivity contribution in [2.75, 3.05) is 13.7 Å². The summed E-state index contributed by atoms with van der Waals surface area (Å²) in [6, 6.07) is 0.695. The topological polar surface area (TPSA) is 38.3 Å². The van der Waals surface area contributed by atoms with Gasteiger partial charge in [-0.1, -0.05) is 0 Å². The number of esters is 1. The summed E-state index contributed by atoms with van der Waals surface area (Å²) < 4.78 is 4.71. The van der Waals surface area contributed by atoms with E-state index in [2.05, 4.69) is 5.32 Å². The first-order valence-corrected chi connectivity index (χ1v) is 4.12. The Bertz CT molecular complexity index is 172. The van der Waals surface area contributed by atoms with Gasteiger partial charge in [-0.3, -0.25) is 4.79 Å². The van der Waals surface area contributed by atoms with Crippen molar-refractivity contribution in [3.05, 3.63) is 0 Å². The molecule has 2 saturated heterocycles. The highest BCUT2D eigenvalue weighted by Gasteiger charge is 2.43. The molecule has 2 heterocycles. The van der Waals surface area contributed by atoms with Crippen molar-refractivity contribution in [1.29, 1.82) is 0 Å². The second-order valence-electron chi connectivity index (χ2n) is 3.47. The molecule has 3 nitrogen and oxygen atoms in total. The minimum atomic E-state index is -0.0411. The van der Waals surface area contributed by atoms with Crippen LogP contribution in [0.15, 0.2) is 0 Å². The van der Waals surface area contributed by atoms with Crippen molar-refractivity contribution in [3.8, 4) is 0 Å². The van der Waals surface area contributed by atoms with Crippen LogP contribution < -0.4 is 5.32 Å². The van der Waals surface area contributed by atoms with Gasteiger partial charge in [0.25, 0.3) is 0 Å². The molecule has 0 spiro atoms. The predicted octanol–water partition coefficient (Wildman–Crippen LogP) is 0.157. The second kappa shape index (κ2) is 2.48. The number of methoxy groups -OCH3 is 1. The van der Waals surface area contributed by atoms with E-state index in [1.807, 2.05) is 0 Å². The fraction of sp³-hybridized carbons (Fsp3) is 0.875. The van der Waals surface area contributed by atoms with Crippen LogP contribution in [0.2, 0.25) is 0 Å². The Morgan fingerprint density at radius 3 is 2.73 bits per heavy atom. The van der Waals surface area contributed by atoms with Crippen LogP contribution in [-0.2, 0) is 9.53 Å². The van der Waals surface area contributed by atoms with Gasteiger partial charge in [-0.15, -0.1) is 0 Å². The smallest absolute Gasteiger partial charge is 0.310 e. The zero-order valence-corrected chi connectivity index (χ0v) is 6.67. The van der Waals surface area contributed by atoms with Crippen LogP contribution in [0.25, 0.3) is 0 Å². The largest absolute Gasteiger partial charge is 0.469 e. The number of hydrogen-bond donors (Lipinski definition) is 1. The third kappa shape index (κ3) is 1.03. The van der Waals surface area contributed by atoms with Gasteiger partial charge in [-0.2, -0.15) is 0 Å². The molecular weight excluding hydrogens is 142 g/mol. The number of piperidine rings is 2. The van der Waals surface area contributed by atoms with Gasteiger partial charge in [0.1, 0.15) is 0 Å². The SMILES string of the molecule is COC(=O)C1CNC2CC1C2. The Labute approximate surface area is 66.1 Å². The molecule has 0 radical (unpaired) electrons. The standard InChI is InChI=1S/C8H13NO2/c1-11-8(10)7-4-9-6-2-5(7)3-6/h5-7,9H,2-4H2,1H3. The molecule has 2 bridgehead atoms. The maximum Gasteiger partial charge on any atom is 0.310 e. The number of rotatable bonds is 1. The molecule has 0 amide bonds. The highest BCUT2D eigenvalue weighted by molar-refractivity contribution is 5.73. The van der Waals surface area contributed by atoms with Gasteiger partial charge in [-0.05, 0) is 18.8 Å². The summed E-state index contributed by atoms with van der Waals surface area (Å²) in [4.78, 5) is 11.1. The molecule has 1 atom stereocenters. The first-order chi connectivity index (χ1) is 5.31. The average Bonchev–Trinajstić information content (AvgIpc) is 2.02. The summed E-state index contributed by atoms with van der Waals surface area (Å²) in [7, 11) is 1.47. The van der Waals surface area contributed by atoms with Crippen LogP contribution >= 0.6 is 0 Å². The monoisotopic (exact) mass is 155 g/mol. The van der Waals surface area contributed by atoms with Gasteiger partial charge in [0.05, 0.1) is 13.0 Å². The quantitative estimate of drug-likeness (QED) is 0.548. The van der Waals surface area contributed by atoms with Gasteiger partial charge in [0.2, 0.25) is 0 Å². The molecule has 1 saturated carbocycles. The van der Waals surface area contributed by atoms with Gasteiger partial charge in [-0.25, -0.2) is 0 Å². The Morgan fingerprint density at radius 2 is 2.27 bits per heavy atom. The van der Waals surface area contributed by atoms with E-state index < -0.39 is 0 Å². The lowest BCUT2D eigenvalue weighted by Gasteiger charge is -2.45. The van der Waals surface area contributed by atoms with E-state index in [4.69, 9.17) is 4.74 Å². The van der Waals surface area contributed by atoms with E-state index >= 15 is 0 Å². The van der Waals surface area contributed by atoms with E-state index in [-0.39, 0.29) is 11.9 Å². The van der Waals surface area contributed by atoms with E-state index in [0.29, 0.717) is 12.0 Å². The first kappa shape index (κ1) is 7.10. The maximum absolute atomic E-state index is 11.1. The molecule has 2 aliphatic heterocycles. The minimum Gasteiger partial charge on any atom is -0.469 e. The number of carbonyl (C=O) groups is 1. The minimum absolute atomic E-state index is 0.0411. The number of ether oxygens (including phenoxy) is 1. The van der Waals surface area contributed by atoms with Gasteiger partial charge in [0.15, 0.2) is 0 Å². The molecule has 1 aliphatic carbocycles. The lowest BCUT2D eigenvalue weighted by atomic mass is 9.69. The summed E-state index contributed by atoms with van der Waals surface area (Å²) in [5.74, 6) is 0.694. The van der Waals surface area contributed by atoms with Crippen LogP contribution in [0, 0.1) is 11.8 Å². The molecule has 1 unspecified atom stereocenters. The maximum atomic E-state index is 11.1. The summed E-state index contributed by atoms with van der Waals surface area (Å²) in [6.07, 6.45) is 2.33. The molecular formula is C8H13NO2. The van der Waals surface area contributed by atoms with E-state index in [9.17, 15) is 4.79 Å². The van der Waals surface area contributed by atoms with Crippen LogP contribution in [0.3, 0.4) is 0 Å². The van der Waals surface area contributed by atoms with Gasteiger partial charge >= 0.3 is 5.97 Å². The zero-order chi connectivity index (χ0) is 7.84. The van der Waals surface area contributed by atoms with E-state index in [1.54, 1.807) is 0 Å².